The fourth-order valence-electron chi connectivity index (χ4n) is 2.79. The van der Waals surface area contributed by atoms with Crippen LogP contribution in [-0.4, -0.2) is 29.6 Å². The molecule has 160 valence electrons. The SMILES string of the molecule is O=C(Nc1ccc(C(=O)Nc2nc(-c3ccccc3OC(F)F)cs2)cc1)NC1CC1. The molecule has 0 unspecified atom stereocenters. The van der Waals surface area contributed by atoms with Gasteiger partial charge in [0.05, 0.1) is 5.69 Å². The molecule has 7 nitrogen and oxygen atoms in total. The molecule has 3 N–H and O–H groups in total. The minimum absolute atomic E-state index is 0.00878. The van der Waals surface area contributed by atoms with Crippen molar-refractivity contribution in [3.8, 4) is 17.0 Å². The van der Waals surface area contributed by atoms with Crippen molar-refractivity contribution >= 4 is 34.1 Å². The largest absolute Gasteiger partial charge is 0.434 e. The molecule has 0 atom stereocenters. The van der Waals surface area contributed by atoms with E-state index in [4.69, 9.17) is 0 Å². The topological polar surface area (TPSA) is 92.4 Å². The van der Waals surface area contributed by atoms with Crippen LogP contribution in [0, 0.1) is 0 Å². The van der Waals surface area contributed by atoms with Crippen LogP contribution in [0.4, 0.5) is 24.4 Å². The van der Waals surface area contributed by atoms with Gasteiger partial charge in [-0.05, 0) is 49.2 Å². The summed E-state index contributed by atoms with van der Waals surface area (Å²) in [6.45, 7) is -2.95. The van der Waals surface area contributed by atoms with E-state index in [9.17, 15) is 18.4 Å². The van der Waals surface area contributed by atoms with E-state index in [0.29, 0.717) is 27.6 Å². The summed E-state index contributed by atoms with van der Waals surface area (Å²) in [4.78, 5) is 28.6. The number of halogens is 2. The van der Waals surface area contributed by atoms with Gasteiger partial charge in [-0.15, -0.1) is 11.3 Å². The number of nitrogens with zero attached hydrogens (tertiary/aromatic N) is 1. The minimum Gasteiger partial charge on any atom is -0.434 e. The number of ether oxygens (including phenoxy) is 1. The van der Waals surface area contributed by atoms with Crippen LogP contribution in [0.15, 0.2) is 53.9 Å². The highest BCUT2D eigenvalue weighted by atomic mass is 32.1. The molecule has 1 heterocycles. The Morgan fingerprint density at radius 3 is 2.52 bits per heavy atom. The second kappa shape index (κ2) is 9.09. The Labute approximate surface area is 180 Å². The summed E-state index contributed by atoms with van der Waals surface area (Å²) in [7, 11) is 0. The van der Waals surface area contributed by atoms with E-state index in [2.05, 4.69) is 25.7 Å². The third-order valence-electron chi connectivity index (χ3n) is 4.42. The maximum Gasteiger partial charge on any atom is 0.387 e. The second-order valence-corrected chi connectivity index (χ2v) is 7.67. The fourth-order valence-corrected chi connectivity index (χ4v) is 3.49. The van der Waals surface area contributed by atoms with Gasteiger partial charge < -0.3 is 15.4 Å². The van der Waals surface area contributed by atoms with E-state index >= 15 is 0 Å². The number of alkyl halides is 2. The highest BCUT2D eigenvalue weighted by Crippen LogP contribution is 2.33. The Bertz CT molecular complexity index is 1080. The van der Waals surface area contributed by atoms with Gasteiger partial charge in [0, 0.05) is 28.2 Å². The Morgan fingerprint density at radius 1 is 1.06 bits per heavy atom. The van der Waals surface area contributed by atoms with Crippen molar-refractivity contribution in [3.05, 3.63) is 59.5 Å². The van der Waals surface area contributed by atoms with Gasteiger partial charge in [0.25, 0.3) is 5.91 Å². The summed E-state index contributed by atoms with van der Waals surface area (Å²) < 4.78 is 29.8. The van der Waals surface area contributed by atoms with E-state index in [0.717, 1.165) is 12.8 Å². The first-order chi connectivity index (χ1) is 15.0. The molecule has 0 spiro atoms. The zero-order valence-electron chi connectivity index (χ0n) is 16.1. The van der Waals surface area contributed by atoms with Crippen molar-refractivity contribution in [2.24, 2.45) is 0 Å². The summed E-state index contributed by atoms with van der Waals surface area (Å²) in [6.07, 6.45) is 1.99. The molecule has 1 aliphatic rings. The highest BCUT2D eigenvalue weighted by molar-refractivity contribution is 7.14. The van der Waals surface area contributed by atoms with Crippen LogP contribution in [0.3, 0.4) is 0 Å². The monoisotopic (exact) mass is 444 g/mol. The van der Waals surface area contributed by atoms with Crippen LogP contribution >= 0.6 is 11.3 Å². The zero-order chi connectivity index (χ0) is 21.8. The molecule has 4 rings (SSSR count). The van der Waals surface area contributed by atoms with E-state index < -0.39 is 6.61 Å². The van der Waals surface area contributed by atoms with Crippen molar-refractivity contribution in [1.29, 1.82) is 0 Å². The molecule has 2 aromatic carbocycles. The Balaban J connectivity index is 1.39. The third kappa shape index (κ3) is 5.54. The van der Waals surface area contributed by atoms with Gasteiger partial charge in [-0.1, -0.05) is 12.1 Å². The molecule has 10 heteroatoms. The molecule has 31 heavy (non-hydrogen) atoms. The van der Waals surface area contributed by atoms with Gasteiger partial charge in [0.2, 0.25) is 0 Å². The molecule has 0 saturated heterocycles. The van der Waals surface area contributed by atoms with Gasteiger partial charge in [0.1, 0.15) is 5.75 Å². The first-order valence-electron chi connectivity index (χ1n) is 9.46. The Morgan fingerprint density at radius 2 is 1.81 bits per heavy atom. The highest BCUT2D eigenvalue weighted by Gasteiger charge is 2.23. The minimum atomic E-state index is -2.95. The van der Waals surface area contributed by atoms with E-state index in [-0.39, 0.29) is 23.7 Å². The smallest absolute Gasteiger partial charge is 0.387 e. The lowest BCUT2D eigenvalue weighted by Gasteiger charge is -2.08. The predicted octanol–water partition coefficient (Wildman–Crippen LogP) is 4.95. The number of carbonyl (C=O) groups excluding carboxylic acids is 2. The van der Waals surface area contributed by atoms with Crippen LogP contribution in [0.1, 0.15) is 23.2 Å². The number of benzene rings is 2. The standard InChI is InChI=1S/C21H18F2N4O3S/c22-19(23)30-17-4-2-1-3-15(17)16-11-31-21(26-16)27-18(28)12-5-7-13(8-6-12)24-20(29)25-14-9-10-14/h1-8,11,14,19H,9-10H2,(H2,24,25,29)(H,26,27,28). The normalized spacial score (nSPS) is 13.0. The fraction of sp³-hybridized carbons (Fsp3) is 0.190. The van der Waals surface area contributed by atoms with Crippen molar-refractivity contribution in [2.45, 2.75) is 25.5 Å². The van der Waals surface area contributed by atoms with Gasteiger partial charge in [-0.25, -0.2) is 9.78 Å². The van der Waals surface area contributed by atoms with Gasteiger partial charge in [0.15, 0.2) is 5.13 Å². The summed E-state index contributed by atoms with van der Waals surface area (Å²) in [5.74, 6) is -0.374. The summed E-state index contributed by atoms with van der Waals surface area (Å²) in [5.41, 5.74) is 1.77. The molecule has 1 fully saturated rings. The summed E-state index contributed by atoms with van der Waals surface area (Å²) >= 11 is 1.17. The number of nitrogens with one attached hydrogen (secondary N) is 3. The number of urea groups is 1. The van der Waals surface area contributed by atoms with Crippen molar-refractivity contribution in [1.82, 2.24) is 10.3 Å². The summed E-state index contributed by atoms with van der Waals surface area (Å²) in [5, 5.41) is 10.2. The van der Waals surface area contributed by atoms with Crippen LogP contribution in [0.25, 0.3) is 11.3 Å². The lowest BCUT2D eigenvalue weighted by molar-refractivity contribution is -0.0494. The number of thiazole rings is 1. The quantitative estimate of drug-likeness (QED) is 0.481. The van der Waals surface area contributed by atoms with Crippen LogP contribution in [0.5, 0.6) is 5.75 Å². The molecule has 0 aliphatic heterocycles. The molecular formula is C21H18F2N4O3S. The number of anilines is 2. The summed E-state index contributed by atoms with van der Waals surface area (Å²) in [6, 6.07) is 12.7. The number of hydrogen-bond acceptors (Lipinski definition) is 5. The van der Waals surface area contributed by atoms with Crippen molar-refractivity contribution in [3.63, 3.8) is 0 Å². The Kier molecular flexibility index (Phi) is 6.08. The lowest BCUT2D eigenvalue weighted by Crippen LogP contribution is -2.30. The number of rotatable bonds is 7. The number of hydrogen-bond donors (Lipinski definition) is 3. The first-order valence-corrected chi connectivity index (χ1v) is 10.3. The van der Waals surface area contributed by atoms with Crippen molar-refractivity contribution < 1.29 is 23.1 Å². The number of amides is 3. The predicted molar refractivity (Wildman–Crippen MR) is 114 cm³/mol. The van der Waals surface area contributed by atoms with E-state index in [1.54, 1.807) is 47.8 Å². The molecule has 3 aromatic rings. The van der Waals surface area contributed by atoms with Gasteiger partial charge in [-0.3, -0.25) is 10.1 Å². The molecule has 3 amide bonds. The maximum absolute atomic E-state index is 12.6. The lowest BCUT2D eigenvalue weighted by atomic mass is 10.1. The van der Waals surface area contributed by atoms with Gasteiger partial charge in [-0.2, -0.15) is 8.78 Å². The second-order valence-electron chi connectivity index (χ2n) is 6.82. The van der Waals surface area contributed by atoms with Crippen LogP contribution in [-0.2, 0) is 0 Å². The van der Waals surface area contributed by atoms with Crippen molar-refractivity contribution in [2.75, 3.05) is 10.6 Å². The average molecular weight is 444 g/mol. The average Bonchev–Trinajstić information content (AvgIpc) is 3.43. The number of carbonyl (C=O) groups is 2. The van der Waals surface area contributed by atoms with Crippen LogP contribution < -0.4 is 20.7 Å². The maximum atomic E-state index is 12.6. The van der Waals surface area contributed by atoms with Crippen LogP contribution in [0.2, 0.25) is 0 Å². The van der Waals surface area contributed by atoms with E-state index in [1.807, 2.05) is 0 Å². The molecule has 1 saturated carbocycles. The first kappa shape index (κ1) is 20.7. The number of aromatic nitrogens is 1. The zero-order valence-corrected chi connectivity index (χ0v) is 16.9. The van der Waals surface area contributed by atoms with Gasteiger partial charge >= 0.3 is 12.6 Å². The molecule has 0 bridgehead atoms. The molecule has 1 aromatic heterocycles. The molecule has 0 radical (unpaired) electrons. The van der Waals surface area contributed by atoms with E-state index in [1.165, 1.54) is 17.4 Å². The molecule has 1 aliphatic carbocycles. The number of para-hydroxylation sites is 1. The Hall–Kier alpha value is -3.53. The molecular weight excluding hydrogens is 426 g/mol. The third-order valence-corrected chi connectivity index (χ3v) is 5.18.